The Bertz CT molecular complexity index is 245. The first kappa shape index (κ1) is 9.20. The van der Waals surface area contributed by atoms with E-state index in [-0.39, 0.29) is 6.10 Å². The van der Waals surface area contributed by atoms with Crippen LogP contribution in [0.2, 0.25) is 0 Å². The number of hydrogen-bond acceptors (Lipinski definition) is 2. The first-order valence-corrected chi connectivity index (χ1v) is 4.28. The SMILES string of the molecule is Cc1ccnc(CC[C@@H](C)O)c1. The summed E-state index contributed by atoms with van der Waals surface area (Å²) in [6.07, 6.45) is 3.23. The van der Waals surface area contributed by atoms with Gasteiger partial charge in [0.2, 0.25) is 0 Å². The van der Waals surface area contributed by atoms with Crippen molar-refractivity contribution in [1.29, 1.82) is 0 Å². The van der Waals surface area contributed by atoms with Gasteiger partial charge in [-0.3, -0.25) is 4.98 Å². The second-order valence-electron chi connectivity index (χ2n) is 3.21. The van der Waals surface area contributed by atoms with Crippen LogP contribution in [0.1, 0.15) is 24.6 Å². The predicted molar refractivity (Wildman–Crippen MR) is 49.0 cm³/mol. The number of aryl methyl sites for hydroxylation is 2. The van der Waals surface area contributed by atoms with Crippen LogP contribution in [0.15, 0.2) is 18.3 Å². The van der Waals surface area contributed by atoms with Crippen molar-refractivity contribution >= 4 is 0 Å². The van der Waals surface area contributed by atoms with Crippen LogP contribution in [0.25, 0.3) is 0 Å². The Labute approximate surface area is 73.3 Å². The molecule has 12 heavy (non-hydrogen) atoms. The van der Waals surface area contributed by atoms with Gasteiger partial charge >= 0.3 is 0 Å². The van der Waals surface area contributed by atoms with E-state index in [1.54, 1.807) is 6.92 Å². The van der Waals surface area contributed by atoms with E-state index in [4.69, 9.17) is 5.11 Å². The van der Waals surface area contributed by atoms with Gasteiger partial charge in [0.1, 0.15) is 0 Å². The minimum Gasteiger partial charge on any atom is -0.393 e. The summed E-state index contributed by atoms with van der Waals surface area (Å²) in [4.78, 5) is 4.20. The Morgan fingerprint density at radius 3 is 2.92 bits per heavy atom. The quantitative estimate of drug-likeness (QED) is 0.739. The van der Waals surface area contributed by atoms with Crippen molar-refractivity contribution in [1.82, 2.24) is 4.98 Å². The van der Waals surface area contributed by atoms with Gasteiger partial charge in [-0.05, 0) is 44.4 Å². The highest BCUT2D eigenvalue weighted by Crippen LogP contribution is 2.04. The molecule has 1 N–H and O–H groups in total. The van der Waals surface area contributed by atoms with Crippen molar-refractivity contribution in [2.45, 2.75) is 32.8 Å². The van der Waals surface area contributed by atoms with E-state index in [1.165, 1.54) is 5.56 Å². The molecule has 0 bridgehead atoms. The van der Waals surface area contributed by atoms with Gasteiger partial charge in [0.05, 0.1) is 6.10 Å². The predicted octanol–water partition coefficient (Wildman–Crippen LogP) is 1.70. The van der Waals surface area contributed by atoms with Crippen molar-refractivity contribution in [3.8, 4) is 0 Å². The zero-order valence-electron chi connectivity index (χ0n) is 7.62. The molecule has 0 saturated carbocycles. The number of nitrogens with zero attached hydrogens (tertiary/aromatic N) is 1. The molecular formula is C10H15NO. The molecule has 0 amide bonds. The van der Waals surface area contributed by atoms with Gasteiger partial charge in [-0.2, -0.15) is 0 Å². The lowest BCUT2D eigenvalue weighted by molar-refractivity contribution is 0.184. The minimum atomic E-state index is -0.229. The van der Waals surface area contributed by atoms with Crippen LogP contribution in [-0.2, 0) is 6.42 Å². The number of aliphatic hydroxyl groups excluding tert-OH is 1. The monoisotopic (exact) mass is 165 g/mol. The maximum Gasteiger partial charge on any atom is 0.0515 e. The fraction of sp³-hybridized carbons (Fsp3) is 0.500. The van der Waals surface area contributed by atoms with Crippen LogP contribution in [-0.4, -0.2) is 16.2 Å². The molecule has 0 aromatic carbocycles. The molecule has 2 nitrogen and oxygen atoms in total. The maximum atomic E-state index is 9.06. The van der Waals surface area contributed by atoms with E-state index in [0.29, 0.717) is 0 Å². The average molecular weight is 165 g/mol. The number of pyridine rings is 1. The molecular weight excluding hydrogens is 150 g/mol. The third-order valence-corrected chi connectivity index (χ3v) is 1.79. The second-order valence-corrected chi connectivity index (χ2v) is 3.21. The molecule has 0 unspecified atom stereocenters. The molecule has 1 heterocycles. The molecule has 2 heteroatoms. The van der Waals surface area contributed by atoms with Crippen LogP contribution in [0.5, 0.6) is 0 Å². The topological polar surface area (TPSA) is 33.1 Å². The normalized spacial score (nSPS) is 12.9. The first-order chi connectivity index (χ1) is 5.68. The highest BCUT2D eigenvalue weighted by molar-refractivity contribution is 5.14. The lowest BCUT2D eigenvalue weighted by Gasteiger charge is -2.03. The van der Waals surface area contributed by atoms with Crippen molar-refractivity contribution in [3.63, 3.8) is 0 Å². The lowest BCUT2D eigenvalue weighted by Crippen LogP contribution is -2.02. The third kappa shape index (κ3) is 3.01. The molecule has 1 aromatic rings. The fourth-order valence-electron chi connectivity index (χ4n) is 1.09. The summed E-state index contributed by atoms with van der Waals surface area (Å²) < 4.78 is 0. The van der Waals surface area contributed by atoms with Gasteiger partial charge in [-0.1, -0.05) is 0 Å². The second kappa shape index (κ2) is 4.21. The number of rotatable bonds is 3. The standard InChI is InChI=1S/C10H15NO/c1-8-5-6-11-10(7-8)4-3-9(2)12/h5-7,9,12H,3-4H2,1-2H3/t9-/m1/s1. The Kier molecular flexibility index (Phi) is 3.23. The van der Waals surface area contributed by atoms with E-state index < -0.39 is 0 Å². The van der Waals surface area contributed by atoms with Gasteiger partial charge in [-0.15, -0.1) is 0 Å². The van der Waals surface area contributed by atoms with Gasteiger partial charge in [0.25, 0.3) is 0 Å². The van der Waals surface area contributed by atoms with Crippen molar-refractivity contribution in [2.24, 2.45) is 0 Å². The van der Waals surface area contributed by atoms with Crippen LogP contribution in [0, 0.1) is 6.92 Å². The van der Waals surface area contributed by atoms with E-state index in [2.05, 4.69) is 11.1 Å². The third-order valence-electron chi connectivity index (χ3n) is 1.79. The average Bonchev–Trinajstić information content (AvgIpc) is 2.01. The number of hydrogen-bond donors (Lipinski definition) is 1. The largest absolute Gasteiger partial charge is 0.393 e. The molecule has 66 valence electrons. The zero-order chi connectivity index (χ0) is 8.97. The molecule has 0 radical (unpaired) electrons. The summed E-state index contributed by atoms with van der Waals surface area (Å²) in [5.41, 5.74) is 2.29. The molecule has 0 saturated heterocycles. The Balaban J connectivity index is 2.52. The van der Waals surface area contributed by atoms with Gasteiger partial charge in [-0.25, -0.2) is 0 Å². The first-order valence-electron chi connectivity index (χ1n) is 4.28. The number of aliphatic hydroxyl groups is 1. The van der Waals surface area contributed by atoms with Crippen LogP contribution < -0.4 is 0 Å². The molecule has 0 fully saturated rings. The molecule has 1 atom stereocenters. The smallest absolute Gasteiger partial charge is 0.0515 e. The zero-order valence-corrected chi connectivity index (χ0v) is 7.62. The van der Waals surface area contributed by atoms with E-state index >= 15 is 0 Å². The van der Waals surface area contributed by atoms with Crippen molar-refractivity contribution in [3.05, 3.63) is 29.6 Å². The van der Waals surface area contributed by atoms with Gasteiger partial charge < -0.3 is 5.11 Å². The van der Waals surface area contributed by atoms with E-state index in [0.717, 1.165) is 18.5 Å². The van der Waals surface area contributed by atoms with E-state index in [1.807, 2.05) is 19.2 Å². The minimum absolute atomic E-state index is 0.229. The van der Waals surface area contributed by atoms with Crippen LogP contribution in [0.4, 0.5) is 0 Å². The van der Waals surface area contributed by atoms with E-state index in [9.17, 15) is 0 Å². The summed E-state index contributed by atoms with van der Waals surface area (Å²) >= 11 is 0. The highest BCUT2D eigenvalue weighted by atomic mass is 16.3. The summed E-state index contributed by atoms with van der Waals surface area (Å²) in [6.45, 7) is 3.85. The molecule has 0 aliphatic rings. The Morgan fingerprint density at radius 1 is 1.58 bits per heavy atom. The molecule has 0 aliphatic carbocycles. The molecule has 0 aliphatic heterocycles. The van der Waals surface area contributed by atoms with Crippen molar-refractivity contribution < 1.29 is 5.11 Å². The Hall–Kier alpha value is -0.890. The summed E-state index contributed by atoms with van der Waals surface area (Å²) in [5, 5.41) is 9.06. The summed E-state index contributed by atoms with van der Waals surface area (Å²) in [6, 6.07) is 4.04. The lowest BCUT2D eigenvalue weighted by atomic mass is 10.1. The van der Waals surface area contributed by atoms with Gasteiger partial charge in [0, 0.05) is 11.9 Å². The van der Waals surface area contributed by atoms with Crippen molar-refractivity contribution in [2.75, 3.05) is 0 Å². The molecule has 1 aromatic heterocycles. The summed E-state index contributed by atoms with van der Waals surface area (Å²) in [7, 11) is 0. The highest BCUT2D eigenvalue weighted by Gasteiger charge is 1.98. The van der Waals surface area contributed by atoms with Crippen LogP contribution >= 0.6 is 0 Å². The van der Waals surface area contributed by atoms with Gasteiger partial charge in [0.15, 0.2) is 0 Å². The number of aromatic nitrogens is 1. The molecule has 0 spiro atoms. The maximum absolute atomic E-state index is 9.06. The fourth-order valence-corrected chi connectivity index (χ4v) is 1.09. The molecule has 1 rings (SSSR count). The van der Waals surface area contributed by atoms with Crippen LogP contribution in [0.3, 0.4) is 0 Å². The Morgan fingerprint density at radius 2 is 2.33 bits per heavy atom. The summed E-state index contributed by atoms with van der Waals surface area (Å²) in [5.74, 6) is 0.